The van der Waals surface area contributed by atoms with Crippen molar-refractivity contribution in [1.29, 1.82) is 0 Å². The first-order valence-corrected chi connectivity index (χ1v) is 8.87. The second-order valence-electron chi connectivity index (χ2n) is 5.61. The molecule has 1 heterocycles. The average molecular weight is 367 g/mol. The van der Waals surface area contributed by atoms with Crippen LogP contribution in [0.1, 0.15) is 38.3 Å². The Hall–Kier alpha value is -2.99. The van der Waals surface area contributed by atoms with Gasteiger partial charge in [-0.25, -0.2) is 9.78 Å². The summed E-state index contributed by atoms with van der Waals surface area (Å²) in [5.74, 6) is 0.234. The molecule has 0 amide bonds. The minimum Gasteiger partial charge on any atom is -0.486 e. The van der Waals surface area contributed by atoms with Crippen molar-refractivity contribution in [2.75, 3.05) is 0 Å². The second kappa shape index (κ2) is 7.93. The van der Waals surface area contributed by atoms with Gasteiger partial charge in [0.2, 0.25) is 0 Å². The highest BCUT2D eigenvalue weighted by Crippen LogP contribution is 2.22. The van der Waals surface area contributed by atoms with Crippen LogP contribution in [0.4, 0.5) is 0 Å². The molecule has 0 aliphatic carbocycles. The number of hydrogen-bond donors (Lipinski definition) is 0. The van der Waals surface area contributed by atoms with Crippen LogP contribution in [0.2, 0.25) is 0 Å². The third-order valence-corrected chi connectivity index (χ3v) is 4.44. The maximum atomic E-state index is 12.5. The zero-order valence-electron chi connectivity index (χ0n) is 14.4. The van der Waals surface area contributed by atoms with Gasteiger partial charge < -0.3 is 9.47 Å². The maximum Gasteiger partial charge on any atom is 0.347 e. The summed E-state index contributed by atoms with van der Waals surface area (Å²) in [7, 11) is 0. The van der Waals surface area contributed by atoms with Crippen LogP contribution in [0.25, 0.3) is 0 Å². The molecular formula is C20H17NO4S. The molecule has 6 heteroatoms. The normalized spacial score (nSPS) is 10.4. The number of esters is 1. The number of ketones is 1. The lowest BCUT2D eigenvalue weighted by Gasteiger charge is -2.10. The molecule has 3 rings (SSSR count). The standard InChI is InChI=1S/C20H17NO4S/c1-13(22)15-7-9-17(10-8-15)25-20(23)18-5-3-4-6-19(18)24-11-16-12-26-14(2)21-16/h3-10,12H,11H2,1-2H3. The van der Waals surface area contributed by atoms with Gasteiger partial charge >= 0.3 is 5.97 Å². The zero-order valence-corrected chi connectivity index (χ0v) is 15.2. The van der Waals surface area contributed by atoms with Gasteiger partial charge in [-0.1, -0.05) is 12.1 Å². The number of hydrogen-bond acceptors (Lipinski definition) is 6. The van der Waals surface area contributed by atoms with Crippen LogP contribution in [-0.4, -0.2) is 16.7 Å². The number of ether oxygens (including phenoxy) is 2. The number of carbonyl (C=O) groups excluding carboxylic acids is 2. The number of nitrogens with zero attached hydrogens (tertiary/aromatic N) is 1. The SMILES string of the molecule is CC(=O)c1ccc(OC(=O)c2ccccc2OCc2csc(C)n2)cc1. The molecule has 26 heavy (non-hydrogen) atoms. The van der Waals surface area contributed by atoms with Gasteiger partial charge in [-0.2, -0.15) is 0 Å². The maximum absolute atomic E-state index is 12.5. The zero-order chi connectivity index (χ0) is 18.5. The number of benzene rings is 2. The van der Waals surface area contributed by atoms with E-state index in [4.69, 9.17) is 9.47 Å². The molecule has 2 aromatic carbocycles. The van der Waals surface area contributed by atoms with Crippen molar-refractivity contribution in [1.82, 2.24) is 4.98 Å². The van der Waals surface area contributed by atoms with E-state index >= 15 is 0 Å². The summed E-state index contributed by atoms with van der Waals surface area (Å²) >= 11 is 1.55. The van der Waals surface area contributed by atoms with E-state index in [9.17, 15) is 9.59 Å². The van der Waals surface area contributed by atoms with Crippen molar-refractivity contribution in [3.05, 3.63) is 75.7 Å². The third-order valence-electron chi connectivity index (χ3n) is 3.62. The lowest BCUT2D eigenvalue weighted by molar-refractivity contribution is 0.0729. The molecule has 132 valence electrons. The summed E-state index contributed by atoms with van der Waals surface area (Å²) in [5.41, 5.74) is 1.71. The highest BCUT2D eigenvalue weighted by molar-refractivity contribution is 7.09. The summed E-state index contributed by atoms with van der Waals surface area (Å²) in [6.45, 7) is 3.69. The predicted octanol–water partition coefficient (Wildman–Crippen LogP) is 4.45. The fourth-order valence-electron chi connectivity index (χ4n) is 2.31. The monoisotopic (exact) mass is 367 g/mol. The van der Waals surface area contributed by atoms with Crippen LogP contribution in [0.3, 0.4) is 0 Å². The smallest absolute Gasteiger partial charge is 0.347 e. The Labute approximate surface area is 155 Å². The lowest BCUT2D eigenvalue weighted by Crippen LogP contribution is -2.11. The van der Waals surface area contributed by atoms with Crippen LogP contribution in [0.5, 0.6) is 11.5 Å². The molecule has 0 spiro atoms. The topological polar surface area (TPSA) is 65.5 Å². The molecule has 0 aliphatic heterocycles. The molecule has 0 unspecified atom stereocenters. The fourth-order valence-corrected chi connectivity index (χ4v) is 2.90. The lowest BCUT2D eigenvalue weighted by atomic mass is 10.1. The van der Waals surface area contributed by atoms with Crippen molar-refractivity contribution in [3.63, 3.8) is 0 Å². The number of aromatic nitrogens is 1. The number of aryl methyl sites for hydroxylation is 1. The minimum atomic E-state index is -0.523. The molecule has 0 saturated carbocycles. The van der Waals surface area contributed by atoms with Crippen molar-refractivity contribution in [2.24, 2.45) is 0 Å². The Bertz CT molecular complexity index is 931. The number of Topliss-reactive ketones (excluding diaryl/α,β-unsaturated/α-hetero) is 1. The summed E-state index contributed by atoms with van der Waals surface area (Å²) in [6.07, 6.45) is 0. The van der Waals surface area contributed by atoms with Gasteiger partial charge in [0.25, 0.3) is 0 Å². The first-order valence-electron chi connectivity index (χ1n) is 7.99. The fraction of sp³-hybridized carbons (Fsp3) is 0.150. The number of thiazole rings is 1. The Kier molecular flexibility index (Phi) is 5.43. The Morgan fingerprint density at radius 2 is 1.81 bits per heavy atom. The summed E-state index contributed by atoms with van der Waals surface area (Å²) in [6, 6.07) is 13.3. The molecule has 1 aromatic heterocycles. The molecular weight excluding hydrogens is 350 g/mol. The minimum absolute atomic E-state index is 0.0427. The van der Waals surface area contributed by atoms with Gasteiger partial charge in [-0.05, 0) is 50.2 Å². The molecule has 0 fully saturated rings. The Morgan fingerprint density at radius 1 is 1.08 bits per heavy atom. The van der Waals surface area contributed by atoms with Crippen LogP contribution in [-0.2, 0) is 6.61 Å². The highest BCUT2D eigenvalue weighted by Gasteiger charge is 2.15. The van der Waals surface area contributed by atoms with Crippen LogP contribution in [0, 0.1) is 6.92 Å². The van der Waals surface area contributed by atoms with E-state index in [1.165, 1.54) is 6.92 Å². The van der Waals surface area contributed by atoms with Gasteiger partial charge in [0.15, 0.2) is 5.78 Å². The summed E-state index contributed by atoms with van der Waals surface area (Å²) in [5, 5.41) is 2.89. The Balaban J connectivity index is 1.71. The van der Waals surface area contributed by atoms with Crippen LogP contribution < -0.4 is 9.47 Å². The number of para-hydroxylation sites is 1. The number of carbonyl (C=O) groups is 2. The van der Waals surface area contributed by atoms with Gasteiger partial charge in [0.1, 0.15) is 23.7 Å². The average Bonchev–Trinajstić information content (AvgIpc) is 3.06. The first kappa shape index (κ1) is 17.8. The molecule has 0 radical (unpaired) electrons. The molecule has 0 bridgehead atoms. The van der Waals surface area contributed by atoms with Gasteiger partial charge in [0, 0.05) is 10.9 Å². The largest absolute Gasteiger partial charge is 0.486 e. The molecule has 0 N–H and O–H groups in total. The van der Waals surface area contributed by atoms with E-state index in [2.05, 4.69) is 4.98 Å². The first-order chi connectivity index (χ1) is 12.5. The molecule has 0 saturated heterocycles. The van der Waals surface area contributed by atoms with Gasteiger partial charge in [-0.3, -0.25) is 4.79 Å². The van der Waals surface area contributed by atoms with E-state index in [-0.39, 0.29) is 12.4 Å². The predicted molar refractivity (Wildman–Crippen MR) is 99.0 cm³/mol. The Morgan fingerprint density at radius 3 is 2.46 bits per heavy atom. The van der Waals surface area contributed by atoms with E-state index in [0.29, 0.717) is 22.6 Å². The van der Waals surface area contributed by atoms with E-state index < -0.39 is 5.97 Å². The van der Waals surface area contributed by atoms with Crippen molar-refractivity contribution >= 4 is 23.1 Å². The second-order valence-corrected chi connectivity index (χ2v) is 6.68. The molecule has 3 aromatic rings. The van der Waals surface area contributed by atoms with Crippen molar-refractivity contribution < 1.29 is 19.1 Å². The van der Waals surface area contributed by atoms with Crippen LogP contribution in [0.15, 0.2) is 53.9 Å². The van der Waals surface area contributed by atoms with E-state index in [1.54, 1.807) is 59.9 Å². The summed E-state index contributed by atoms with van der Waals surface area (Å²) < 4.78 is 11.1. The molecule has 5 nitrogen and oxygen atoms in total. The number of rotatable bonds is 6. The summed E-state index contributed by atoms with van der Waals surface area (Å²) in [4.78, 5) is 28.1. The molecule has 0 aliphatic rings. The highest BCUT2D eigenvalue weighted by atomic mass is 32.1. The van der Waals surface area contributed by atoms with Gasteiger partial charge in [-0.15, -0.1) is 11.3 Å². The van der Waals surface area contributed by atoms with E-state index in [1.807, 2.05) is 12.3 Å². The molecule has 0 atom stereocenters. The quantitative estimate of drug-likeness (QED) is 0.366. The third kappa shape index (κ3) is 4.34. The van der Waals surface area contributed by atoms with Crippen molar-refractivity contribution in [3.8, 4) is 11.5 Å². The van der Waals surface area contributed by atoms with Crippen molar-refractivity contribution in [2.45, 2.75) is 20.5 Å². The van der Waals surface area contributed by atoms with Gasteiger partial charge in [0.05, 0.1) is 10.7 Å². The van der Waals surface area contributed by atoms with E-state index in [0.717, 1.165) is 10.7 Å². The van der Waals surface area contributed by atoms with Crippen LogP contribution >= 0.6 is 11.3 Å².